The zero-order valence-corrected chi connectivity index (χ0v) is 14.7. The van der Waals surface area contributed by atoms with Crippen LogP contribution in [0.2, 0.25) is 0 Å². The van der Waals surface area contributed by atoms with Crippen LogP contribution in [0.3, 0.4) is 0 Å². The Morgan fingerprint density at radius 2 is 2.08 bits per heavy atom. The number of hydrogen-bond donors (Lipinski definition) is 2. The average molecular weight is 336 g/mol. The van der Waals surface area contributed by atoms with Gasteiger partial charge in [-0.1, -0.05) is 12.1 Å². The minimum Gasteiger partial charge on any atom is -0.497 e. The van der Waals surface area contributed by atoms with E-state index in [1.165, 1.54) is 5.56 Å². The van der Waals surface area contributed by atoms with E-state index < -0.39 is 0 Å². The summed E-state index contributed by atoms with van der Waals surface area (Å²) in [5.41, 5.74) is 4.42. The molecule has 3 heterocycles. The number of methoxy groups -OCH3 is 1. The standard InChI is InChI=1S/C20H24N4O/c1-13-9-15(7-8-21-13)20-22-12-19-18(24-20)11-16(23-19)10-14-3-5-17(25-2)6-4-14/h3-6,11-13,15,21,23H,7-10H2,1-2H3. The normalized spacial score (nSPS) is 20.7. The van der Waals surface area contributed by atoms with Crippen LogP contribution in [-0.2, 0) is 6.42 Å². The molecule has 1 aromatic carbocycles. The van der Waals surface area contributed by atoms with Crippen molar-refractivity contribution in [1.29, 1.82) is 0 Å². The highest BCUT2D eigenvalue weighted by molar-refractivity contribution is 5.75. The summed E-state index contributed by atoms with van der Waals surface area (Å²) in [5, 5.41) is 3.49. The van der Waals surface area contributed by atoms with Crippen LogP contribution in [0, 0.1) is 0 Å². The second-order valence-corrected chi connectivity index (χ2v) is 6.92. The molecule has 3 aromatic rings. The van der Waals surface area contributed by atoms with E-state index in [0.29, 0.717) is 12.0 Å². The van der Waals surface area contributed by atoms with E-state index in [2.05, 4.69) is 40.4 Å². The molecular formula is C20H24N4O. The number of benzene rings is 1. The summed E-state index contributed by atoms with van der Waals surface area (Å²) in [7, 11) is 1.69. The van der Waals surface area contributed by atoms with Crippen molar-refractivity contribution in [3.63, 3.8) is 0 Å². The van der Waals surface area contributed by atoms with E-state index in [-0.39, 0.29) is 0 Å². The van der Waals surface area contributed by atoms with Gasteiger partial charge in [-0.2, -0.15) is 0 Å². The molecule has 0 aliphatic carbocycles. The van der Waals surface area contributed by atoms with Gasteiger partial charge in [0.25, 0.3) is 0 Å². The Kier molecular flexibility index (Phi) is 4.40. The molecule has 130 valence electrons. The molecule has 0 amide bonds. The van der Waals surface area contributed by atoms with E-state index in [4.69, 9.17) is 9.72 Å². The Bertz CT molecular complexity index is 856. The fraction of sp³-hybridized carbons (Fsp3) is 0.400. The van der Waals surface area contributed by atoms with Crippen molar-refractivity contribution in [3.05, 3.63) is 53.6 Å². The number of hydrogen-bond acceptors (Lipinski definition) is 4. The summed E-state index contributed by atoms with van der Waals surface area (Å²) in [6.07, 6.45) is 5.00. The highest BCUT2D eigenvalue weighted by Gasteiger charge is 2.22. The monoisotopic (exact) mass is 336 g/mol. The minimum atomic E-state index is 0.459. The largest absolute Gasteiger partial charge is 0.497 e. The van der Waals surface area contributed by atoms with Crippen molar-refractivity contribution in [3.8, 4) is 5.75 Å². The Morgan fingerprint density at radius 1 is 1.24 bits per heavy atom. The predicted octanol–water partition coefficient (Wildman–Crippen LogP) is 3.41. The van der Waals surface area contributed by atoms with Gasteiger partial charge in [-0.25, -0.2) is 9.97 Å². The van der Waals surface area contributed by atoms with Crippen LogP contribution in [0.5, 0.6) is 5.75 Å². The van der Waals surface area contributed by atoms with Gasteiger partial charge in [0, 0.05) is 24.1 Å². The van der Waals surface area contributed by atoms with Gasteiger partial charge in [0.2, 0.25) is 0 Å². The molecule has 4 rings (SSSR count). The van der Waals surface area contributed by atoms with Gasteiger partial charge in [-0.3, -0.25) is 0 Å². The second kappa shape index (κ2) is 6.84. The van der Waals surface area contributed by atoms with Crippen LogP contribution in [0.4, 0.5) is 0 Å². The Balaban J connectivity index is 1.55. The third-order valence-corrected chi connectivity index (χ3v) is 4.99. The minimum absolute atomic E-state index is 0.459. The molecule has 5 heteroatoms. The summed E-state index contributed by atoms with van der Waals surface area (Å²) >= 11 is 0. The van der Waals surface area contributed by atoms with Gasteiger partial charge in [0.05, 0.1) is 24.3 Å². The average Bonchev–Trinajstić information content (AvgIpc) is 3.03. The lowest BCUT2D eigenvalue weighted by Crippen LogP contribution is -2.35. The number of fused-ring (bicyclic) bond motifs is 1. The molecule has 0 spiro atoms. The van der Waals surface area contributed by atoms with E-state index >= 15 is 0 Å². The van der Waals surface area contributed by atoms with Crippen LogP contribution in [0.1, 0.15) is 42.8 Å². The third kappa shape index (κ3) is 3.51. The lowest BCUT2D eigenvalue weighted by atomic mass is 9.92. The van der Waals surface area contributed by atoms with Gasteiger partial charge >= 0.3 is 0 Å². The zero-order valence-electron chi connectivity index (χ0n) is 14.7. The van der Waals surface area contributed by atoms with Crippen LogP contribution in [0.15, 0.2) is 36.5 Å². The van der Waals surface area contributed by atoms with E-state index in [1.54, 1.807) is 7.11 Å². The maximum Gasteiger partial charge on any atom is 0.132 e. The van der Waals surface area contributed by atoms with Gasteiger partial charge in [-0.05, 0) is 50.1 Å². The molecule has 0 radical (unpaired) electrons. The lowest BCUT2D eigenvalue weighted by Gasteiger charge is -2.26. The Labute approximate surface area is 147 Å². The molecule has 1 saturated heterocycles. The van der Waals surface area contributed by atoms with Crippen molar-refractivity contribution in [2.45, 2.75) is 38.1 Å². The van der Waals surface area contributed by atoms with Gasteiger partial charge < -0.3 is 15.0 Å². The summed E-state index contributed by atoms with van der Waals surface area (Å²) in [4.78, 5) is 12.9. The first kappa shape index (κ1) is 16.1. The Morgan fingerprint density at radius 3 is 2.84 bits per heavy atom. The zero-order chi connectivity index (χ0) is 17.2. The Hall–Kier alpha value is -2.40. The van der Waals surface area contributed by atoms with Gasteiger partial charge in [0.1, 0.15) is 11.6 Å². The topological polar surface area (TPSA) is 62.8 Å². The van der Waals surface area contributed by atoms with Crippen LogP contribution >= 0.6 is 0 Å². The number of rotatable bonds is 4. The molecule has 5 nitrogen and oxygen atoms in total. The van der Waals surface area contributed by atoms with Crippen LogP contribution < -0.4 is 10.1 Å². The van der Waals surface area contributed by atoms with Crippen LogP contribution in [0.25, 0.3) is 11.0 Å². The number of aromatic amines is 1. The number of ether oxygens (including phenoxy) is 1. The third-order valence-electron chi connectivity index (χ3n) is 4.99. The van der Waals surface area contributed by atoms with Crippen molar-refractivity contribution >= 4 is 11.0 Å². The molecule has 1 aliphatic heterocycles. The molecule has 2 aromatic heterocycles. The SMILES string of the molecule is COc1ccc(Cc2cc3nc(C4CCNC(C)C4)ncc3[nH]2)cc1. The fourth-order valence-corrected chi connectivity index (χ4v) is 3.61. The first-order valence-corrected chi connectivity index (χ1v) is 8.92. The molecule has 0 bridgehead atoms. The molecule has 2 atom stereocenters. The van der Waals surface area contributed by atoms with Crippen LogP contribution in [-0.4, -0.2) is 34.6 Å². The van der Waals surface area contributed by atoms with Crippen molar-refractivity contribution < 1.29 is 4.74 Å². The predicted molar refractivity (Wildman–Crippen MR) is 99.1 cm³/mol. The van der Waals surface area contributed by atoms with Gasteiger partial charge in [0.15, 0.2) is 0 Å². The molecule has 1 fully saturated rings. The number of nitrogens with one attached hydrogen (secondary N) is 2. The first-order chi connectivity index (χ1) is 12.2. The highest BCUT2D eigenvalue weighted by Crippen LogP contribution is 2.26. The van der Waals surface area contributed by atoms with E-state index in [9.17, 15) is 0 Å². The summed E-state index contributed by atoms with van der Waals surface area (Å²) < 4.78 is 5.22. The molecular weight excluding hydrogens is 312 g/mol. The molecule has 1 aliphatic rings. The smallest absolute Gasteiger partial charge is 0.132 e. The molecule has 0 saturated carbocycles. The summed E-state index contributed by atoms with van der Waals surface area (Å²) in [5.74, 6) is 2.32. The first-order valence-electron chi connectivity index (χ1n) is 8.92. The summed E-state index contributed by atoms with van der Waals surface area (Å²) in [6.45, 7) is 3.27. The maximum absolute atomic E-state index is 5.22. The van der Waals surface area contributed by atoms with Crippen molar-refractivity contribution in [2.75, 3.05) is 13.7 Å². The highest BCUT2D eigenvalue weighted by atomic mass is 16.5. The van der Waals surface area contributed by atoms with Crippen molar-refractivity contribution in [2.24, 2.45) is 0 Å². The molecule has 2 N–H and O–H groups in total. The number of H-pyrrole nitrogens is 1. The lowest BCUT2D eigenvalue weighted by molar-refractivity contribution is 0.371. The molecule has 25 heavy (non-hydrogen) atoms. The second-order valence-electron chi connectivity index (χ2n) is 6.92. The molecule has 2 unspecified atom stereocenters. The maximum atomic E-state index is 5.22. The number of aromatic nitrogens is 3. The fourth-order valence-electron chi connectivity index (χ4n) is 3.61. The summed E-state index contributed by atoms with van der Waals surface area (Å²) in [6, 6.07) is 10.9. The van der Waals surface area contributed by atoms with Crippen molar-refractivity contribution in [1.82, 2.24) is 20.3 Å². The number of nitrogens with zero attached hydrogens (tertiary/aromatic N) is 2. The van der Waals surface area contributed by atoms with E-state index in [1.807, 2.05) is 18.3 Å². The van der Waals surface area contributed by atoms with Gasteiger partial charge in [-0.15, -0.1) is 0 Å². The van der Waals surface area contributed by atoms with E-state index in [0.717, 1.165) is 54.1 Å². The number of piperidine rings is 1. The quantitative estimate of drug-likeness (QED) is 0.766.